The first-order valence-corrected chi connectivity index (χ1v) is 8.19. The molecule has 1 heterocycles. The van der Waals surface area contributed by atoms with Crippen molar-refractivity contribution in [2.75, 3.05) is 7.11 Å². The van der Waals surface area contributed by atoms with Crippen LogP contribution in [-0.4, -0.2) is 39.1 Å². The van der Waals surface area contributed by atoms with E-state index in [-0.39, 0.29) is 0 Å². The van der Waals surface area contributed by atoms with Gasteiger partial charge in [-0.2, -0.15) is 0 Å². The lowest BCUT2D eigenvalue weighted by molar-refractivity contribution is -0.119. The highest BCUT2D eigenvalue weighted by molar-refractivity contribution is 8.00. The molecule has 0 aliphatic rings. The topological polar surface area (TPSA) is 112 Å². The van der Waals surface area contributed by atoms with Crippen molar-refractivity contribution in [1.29, 1.82) is 0 Å². The molecule has 0 radical (unpaired) electrons. The van der Waals surface area contributed by atoms with Gasteiger partial charge in [-0.25, -0.2) is 4.79 Å². The summed E-state index contributed by atoms with van der Waals surface area (Å²) in [5, 5.41) is 10.5. The number of nitrogens with zero attached hydrogens (tertiary/aromatic N) is 3. The fourth-order valence-electron chi connectivity index (χ4n) is 2.12. The van der Waals surface area contributed by atoms with Crippen LogP contribution in [0.3, 0.4) is 0 Å². The number of carbonyl (C=O) groups excluding carboxylic acids is 2. The van der Waals surface area contributed by atoms with E-state index >= 15 is 0 Å². The maximum Gasteiger partial charge on any atom is 0.318 e. The van der Waals surface area contributed by atoms with Gasteiger partial charge in [0.1, 0.15) is 5.75 Å². The van der Waals surface area contributed by atoms with Crippen LogP contribution in [0.1, 0.15) is 13.8 Å². The molecule has 3 amide bonds. The fourth-order valence-corrected chi connectivity index (χ4v) is 3.04. The lowest BCUT2D eigenvalue weighted by Gasteiger charge is -2.12. The van der Waals surface area contributed by atoms with Crippen LogP contribution in [0.2, 0.25) is 0 Å². The Hall–Kier alpha value is -2.55. The number of rotatable bonds is 6. The second kappa shape index (κ2) is 7.82. The van der Waals surface area contributed by atoms with Gasteiger partial charge in [-0.1, -0.05) is 23.9 Å². The van der Waals surface area contributed by atoms with Crippen molar-refractivity contribution in [1.82, 2.24) is 20.1 Å². The summed E-state index contributed by atoms with van der Waals surface area (Å²) in [5.74, 6) is 0.868. The van der Waals surface area contributed by atoms with Crippen LogP contribution in [0, 0.1) is 0 Å². The third-order valence-corrected chi connectivity index (χ3v) is 4.36. The largest absolute Gasteiger partial charge is 0.496 e. The Kier molecular flexibility index (Phi) is 5.80. The second-order valence-electron chi connectivity index (χ2n) is 4.86. The summed E-state index contributed by atoms with van der Waals surface area (Å²) in [6.45, 7) is 4.24. The average molecular weight is 349 g/mol. The van der Waals surface area contributed by atoms with Crippen molar-refractivity contribution in [2.24, 2.45) is 5.73 Å². The highest BCUT2D eigenvalue weighted by atomic mass is 32.2. The minimum absolute atomic E-state index is 0.475. The predicted molar refractivity (Wildman–Crippen MR) is 90.7 cm³/mol. The van der Waals surface area contributed by atoms with Gasteiger partial charge in [0.15, 0.2) is 11.0 Å². The van der Waals surface area contributed by atoms with Crippen LogP contribution in [0.5, 0.6) is 5.75 Å². The number of methoxy groups -OCH3 is 1. The van der Waals surface area contributed by atoms with Crippen LogP contribution >= 0.6 is 11.8 Å². The van der Waals surface area contributed by atoms with Crippen molar-refractivity contribution in [2.45, 2.75) is 30.8 Å². The number of para-hydroxylation sites is 1. The normalized spacial score (nSPS) is 11.8. The Bertz CT molecular complexity index is 746. The van der Waals surface area contributed by atoms with E-state index in [2.05, 4.69) is 15.5 Å². The maximum absolute atomic E-state index is 11.8. The minimum Gasteiger partial charge on any atom is -0.496 e. The Labute approximate surface area is 143 Å². The third kappa shape index (κ3) is 3.85. The maximum atomic E-state index is 11.8. The zero-order valence-electron chi connectivity index (χ0n) is 13.6. The number of nitrogens with two attached hydrogens (primary N) is 1. The first kappa shape index (κ1) is 17.8. The van der Waals surface area contributed by atoms with Gasteiger partial charge in [0.05, 0.1) is 17.9 Å². The second-order valence-corrected chi connectivity index (χ2v) is 6.17. The van der Waals surface area contributed by atoms with E-state index in [9.17, 15) is 9.59 Å². The molecule has 0 saturated carbocycles. The van der Waals surface area contributed by atoms with Crippen LogP contribution in [0.25, 0.3) is 11.4 Å². The number of hydrogen-bond donors (Lipinski definition) is 2. The molecule has 1 atom stereocenters. The Morgan fingerprint density at radius 3 is 2.71 bits per heavy atom. The van der Waals surface area contributed by atoms with Crippen LogP contribution in [-0.2, 0) is 11.3 Å². The number of carbonyl (C=O) groups is 2. The number of nitrogens with one attached hydrogen (secondary N) is 1. The number of aromatic nitrogens is 3. The van der Waals surface area contributed by atoms with Crippen LogP contribution in [0.15, 0.2) is 29.4 Å². The van der Waals surface area contributed by atoms with Gasteiger partial charge < -0.3 is 15.0 Å². The molecule has 24 heavy (non-hydrogen) atoms. The molecular weight excluding hydrogens is 330 g/mol. The molecule has 0 aliphatic carbocycles. The molecule has 9 heteroatoms. The molecular formula is C15H19N5O3S. The molecule has 128 valence electrons. The number of primary amides is 1. The average Bonchev–Trinajstić information content (AvgIpc) is 2.96. The molecule has 0 saturated heterocycles. The molecule has 2 aromatic rings. The SMILES string of the molecule is CCn1c(S[C@@H](C)C(=O)NC(N)=O)nnc1-c1ccccc1OC. The summed E-state index contributed by atoms with van der Waals surface area (Å²) >= 11 is 1.20. The Morgan fingerprint density at radius 1 is 1.38 bits per heavy atom. The number of ether oxygens (including phenoxy) is 1. The number of urea groups is 1. The van der Waals surface area contributed by atoms with E-state index < -0.39 is 17.2 Å². The lowest BCUT2D eigenvalue weighted by atomic mass is 10.2. The third-order valence-electron chi connectivity index (χ3n) is 3.28. The first-order valence-electron chi connectivity index (χ1n) is 7.31. The summed E-state index contributed by atoms with van der Waals surface area (Å²) in [4.78, 5) is 22.6. The zero-order chi connectivity index (χ0) is 17.7. The number of amides is 3. The van der Waals surface area contributed by atoms with Gasteiger partial charge >= 0.3 is 6.03 Å². The van der Waals surface area contributed by atoms with E-state index in [4.69, 9.17) is 10.5 Å². The molecule has 0 bridgehead atoms. The number of benzene rings is 1. The van der Waals surface area contributed by atoms with Gasteiger partial charge in [-0.05, 0) is 26.0 Å². The molecule has 3 N–H and O–H groups in total. The smallest absolute Gasteiger partial charge is 0.318 e. The predicted octanol–water partition coefficient (Wildman–Crippen LogP) is 1.65. The number of thioether (sulfide) groups is 1. The van der Waals surface area contributed by atoms with Crippen molar-refractivity contribution >= 4 is 23.7 Å². The summed E-state index contributed by atoms with van der Waals surface area (Å²) in [7, 11) is 1.59. The molecule has 1 aromatic heterocycles. The summed E-state index contributed by atoms with van der Waals surface area (Å²) in [6, 6.07) is 6.63. The molecule has 0 spiro atoms. The quantitative estimate of drug-likeness (QED) is 0.767. The Balaban J connectivity index is 2.30. The van der Waals surface area contributed by atoms with E-state index in [0.717, 1.165) is 5.56 Å². The Morgan fingerprint density at radius 2 is 2.08 bits per heavy atom. The monoisotopic (exact) mass is 349 g/mol. The highest BCUT2D eigenvalue weighted by Crippen LogP contribution is 2.31. The van der Waals surface area contributed by atoms with E-state index in [1.54, 1.807) is 14.0 Å². The molecule has 1 aromatic carbocycles. The zero-order valence-corrected chi connectivity index (χ0v) is 14.5. The van der Waals surface area contributed by atoms with Crippen molar-refractivity contribution in [3.63, 3.8) is 0 Å². The van der Waals surface area contributed by atoms with Crippen molar-refractivity contribution < 1.29 is 14.3 Å². The van der Waals surface area contributed by atoms with Gasteiger partial charge in [0.2, 0.25) is 5.91 Å². The van der Waals surface area contributed by atoms with Crippen molar-refractivity contribution in [3.05, 3.63) is 24.3 Å². The molecule has 0 aliphatic heterocycles. The van der Waals surface area contributed by atoms with Gasteiger partial charge in [0, 0.05) is 6.54 Å². The number of hydrogen-bond acceptors (Lipinski definition) is 6. The summed E-state index contributed by atoms with van der Waals surface area (Å²) < 4.78 is 7.25. The number of imide groups is 1. The standard InChI is InChI=1S/C15H19N5O3S/c1-4-20-12(10-7-5-6-8-11(10)23-3)18-19-15(20)24-9(2)13(21)17-14(16)22/h5-9H,4H2,1-3H3,(H3,16,17,21,22)/t9-/m0/s1. The van der Waals surface area contributed by atoms with Gasteiger partial charge in [-0.15, -0.1) is 10.2 Å². The molecule has 0 fully saturated rings. The first-order chi connectivity index (χ1) is 11.5. The van der Waals surface area contributed by atoms with Crippen LogP contribution in [0.4, 0.5) is 4.79 Å². The molecule has 8 nitrogen and oxygen atoms in total. The fraction of sp³-hybridized carbons (Fsp3) is 0.333. The minimum atomic E-state index is -0.876. The molecule has 2 rings (SSSR count). The van der Waals surface area contributed by atoms with E-state index in [1.165, 1.54) is 11.8 Å². The highest BCUT2D eigenvalue weighted by Gasteiger charge is 2.22. The van der Waals surface area contributed by atoms with E-state index in [0.29, 0.717) is 23.3 Å². The van der Waals surface area contributed by atoms with Crippen molar-refractivity contribution in [3.8, 4) is 17.1 Å². The van der Waals surface area contributed by atoms with Crippen LogP contribution < -0.4 is 15.8 Å². The van der Waals surface area contributed by atoms with Gasteiger partial charge in [-0.3, -0.25) is 10.1 Å². The van der Waals surface area contributed by atoms with E-state index in [1.807, 2.05) is 35.8 Å². The van der Waals surface area contributed by atoms with Gasteiger partial charge in [0.25, 0.3) is 0 Å². The summed E-state index contributed by atoms with van der Waals surface area (Å²) in [5.41, 5.74) is 5.78. The molecule has 0 unspecified atom stereocenters. The summed E-state index contributed by atoms with van der Waals surface area (Å²) in [6.07, 6.45) is 0. The lowest BCUT2D eigenvalue weighted by Crippen LogP contribution is -2.39.